The number of nitrogens with zero attached hydrogens (tertiary/aromatic N) is 1. The Morgan fingerprint density at radius 1 is 1.28 bits per heavy atom. The first-order chi connectivity index (χ1) is 11.2. The van der Waals surface area contributed by atoms with Crippen molar-refractivity contribution >= 4 is 52.3 Å². The number of carbonyl (C=O) groups is 1. The van der Waals surface area contributed by atoms with E-state index in [0.29, 0.717) is 18.4 Å². The van der Waals surface area contributed by atoms with E-state index in [1.807, 2.05) is 6.07 Å². The third-order valence-electron chi connectivity index (χ3n) is 5.32. The summed E-state index contributed by atoms with van der Waals surface area (Å²) in [6.07, 6.45) is 4.38. The van der Waals surface area contributed by atoms with Crippen LogP contribution in [0.5, 0.6) is 0 Å². The fraction of sp³-hybridized carbons (Fsp3) is 0.611. The van der Waals surface area contributed by atoms with E-state index in [-0.39, 0.29) is 36.6 Å². The molecule has 4 nitrogen and oxygen atoms in total. The van der Waals surface area contributed by atoms with E-state index in [1.54, 1.807) is 0 Å². The number of hydrogen-bond acceptors (Lipinski definition) is 3. The molecule has 3 N–H and O–H groups in total. The molecule has 142 valence electrons. The number of carbonyl (C=O) groups excluding carboxylic acids is 1. The highest BCUT2D eigenvalue weighted by Crippen LogP contribution is 2.31. The van der Waals surface area contributed by atoms with Crippen LogP contribution in [0.1, 0.15) is 25.7 Å². The number of amides is 1. The van der Waals surface area contributed by atoms with Gasteiger partial charge in [0, 0.05) is 35.7 Å². The van der Waals surface area contributed by atoms with Gasteiger partial charge in [0.25, 0.3) is 0 Å². The highest BCUT2D eigenvalue weighted by molar-refractivity contribution is 9.10. The van der Waals surface area contributed by atoms with Crippen LogP contribution in [0.25, 0.3) is 0 Å². The number of rotatable bonds is 5. The average Bonchev–Trinajstić information content (AvgIpc) is 3.21. The zero-order valence-corrected chi connectivity index (χ0v) is 17.5. The normalized spacial score (nSPS) is 25.2. The van der Waals surface area contributed by atoms with Crippen LogP contribution in [0.15, 0.2) is 28.7 Å². The number of nitrogens with two attached hydrogens (primary N) is 1. The topological polar surface area (TPSA) is 58.4 Å². The lowest BCUT2D eigenvalue weighted by Gasteiger charge is -2.20. The first-order valence-electron chi connectivity index (χ1n) is 8.65. The lowest BCUT2D eigenvalue weighted by molar-refractivity contribution is -0.126. The van der Waals surface area contributed by atoms with Gasteiger partial charge in [-0.3, -0.25) is 4.79 Å². The largest absolute Gasteiger partial charge is 0.371 e. The predicted octanol–water partition coefficient (Wildman–Crippen LogP) is 3.61. The number of anilines is 1. The molecule has 3 atom stereocenters. The van der Waals surface area contributed by atoms with Crippen LogP contribution in [0.3, 0.4) is 0 Å². The van der Waals surface area contributed by atoms with Crippen molar-refractivity contribution in [2.75, 3.05) is 31.1 Å². The van der Waals surface area contributed by atoms with Crippen LogP contribution in [0, 0.1) is 17.8 Å². The molecule has 0 aromatic heterocycles. The second kappa shape index (κ2) is 10.6. The Kier molecular flexibility index (Phi) is 9.57. The molecule has 2 aliphatic rings. The molecule has 1 aliphatic heterocycles. The SMILES string of the molecule is Cl.Cl.NC[C@H]1CCC[C@H]1C(=O)NCC1CCN(c2cccc(Br)c2)C1. The summed E-state index contributed by atoms with van der Waals surface area (Å²) in [5, 5.41) is 3.18. The minimum absolute atomic E-state index is 0. The van der Waals surface area contributed by atoms with Gasteiger partial charge in [0.15, 0.2) is 0 Å². The quantitative estimate of drug-likeness (QED) is 0.717. The molecule has 7 heteroatoms. The molecule has 2 fully saturated rings. The zero-order valence-electron chi connectivity index (χ0n) is 14.3. The molecule has 1 saturated carbocycles. The van der Waals surface area contributed by atoms with Gasteiger partial charge in [-0.2, -0.15) is 0 Å². The smallest absolute Gasteiger partial charge is 0.223 e. The minimum atomic E-state index is 0. The van der Waals surface area contributed by atoms with Gasteiger partial charge in [-0.15, -0.1) is 24.8 Å². The molecule has 0 bridgehead atoms. The number of halogens is 3. The number of benzene rings is 1. The van der Waals surface area contributed by atoms with Crippen molar-refractivity contribution < 1.29 is 4.79 Å². The van der Waals surface area contributed by atoms with Gasteiger partial charge < -0.3 is 16.0 Å². The van der Waals surface area contributed by atoms with Gasteiger partial charge in [-0.1, -0.05) is 28.4 Å². The van der Waals surface area contributed by atoms with E-state index >= 15 is 0 Å². The Bertz CT molecular complexity index is 561. The van der Waals surface area contributed by atoms with Crippen molar-refractivity contribution in [1.29, 1.82) is 0 Å². The summed E-state index contributed by atoms with van der Waals surface area (Å²) in [6, 6.07) is 8.43. The Morgan fingerprint density at radius 2 is 2.08 bits per heavy atom. The molecule has 1 saturated heterocycles. The monoisotopic (exact) mass is 451 g/mol. The minimum Gasteiger partial charge on any atom is -0.371 e. The van der Waals surface area contributed by atoms with Gasteiger partial charge in [-0.05, 0) is 55.8 Å². The summed E-state index contributed by atoms with van der Waals surface area (Å²) < 4.78 is 1.11. The van der Waals surface area contributed by atoms with Crippen LogP contribution >= 0.6 is 40.7 Å². The first-order valence-corrected chi connectivity index (χ1v) is 9.45. The van der Waals surface area contributed by atoms with E-state index in [1.165, 1.54) is 5.69 Å². The number of hydrogen-bond donors (Lipinski definition) is 2. The highest BCUT2D eigenvalue weighted by Gasteiger charge is 2.32. The molecule has 1 heterocycles. The molecule has 1 aromatic rings. The van der Waals surface area contributed by atoms with Gasteiger partial charge in [-0.25, -0.2) is 0 Å². The fourth-order valence-electron chi connectivity index (χ4n) is 3.95. The van der Waals surface area contributed by atoms with Gasteiger partial charge in [0.2, 0.25) is 5.91 Å². The molecule has 25 heavy (non-hydrogen) atoms. The van der Waals surface area contributed by atoms with Crippen LogP contribution in [-0.2, 0) is 4.79 Å². The highest BCUT2D eigenvalue weighted by atomic mass is 79.9. The summed E-state index contributed by atoms with van der Waals surface area (Å²) in [4.78, 5) is 14.8. The molecular formula is C18H28BrCl2N3O. The summed E-state index contributed by atoms with van der Waals surface area (Å²) in [7, 11) is 0. The van der Waals surface area contributed by atoms with Crippen molar-refractivity contribution in [2.45, 2.75) is 25.7 Å². The summed E-state index contributed by atoms with van der Waals surface area (Å²) in [5.74, 6) is 1.29. The van der Waals surface area contributed by atoms with E-state index in [9.17, 15) is 4.79 Å². The average molecular weight is 453 g/mol. The molecule has 1 aliphatic carbocycles. The van der Waals surface area contributed by atoms with Crippen LogP contribution < -0.4 is 16.0 Å². The molecule has 1 aromatic carbocycles. The lowest BCUT2D eigenvalue weighted by Crippen LogP contribution is -2.38. The third kappa shape index (κ3) is 5.75. The molecular weight excluding hydrogens is 425 g/mol. The van der Waals surface area contributed by atoms with Crippen LogP contribution in [0.2, 0.25) is 0 Å². The zero-order chi connectivity index (χ0) is 16.2. The second-order valence-electron chi connectivity index (χ2n) is 6.86. The maximum absolute atomic E-state index is 12.4. The van der Waals surface area contributed by atoms with E-state index in [4.69, 9.17) is 5.73 Å². The Balaban J connectivity index is 0.00000156. The van der Waals surface area contributed by atoms with Crippen LogP contribution in [0.4, 0.5) is 5.69 Å². The van der Waals surface area contributed by atoms with Gasteiger partial charge in [0.05, 0.1) is 0 Å². The molecule has 0 radical (unpaired) electrons. The van der Waals surface area contributed by atoms with E-state index in [2.05, 4.69) is 44.3 Å². The summed E-state index contributed by atoms with van der Waals surface area (Å²) in [6.45, 7) is 3.50. The van der Waals surface area contributed by atoms with Crippen molar-refractivity contribution in [3.63, 3.8) is 0 Å². The third-order valence-corrected chi connectivity index (χ3v) is 5.82. The standard InChI is InChI=1S/C18H26BrN3O.2ClH/c19-15-4-2-5-16(9-15)22-8-7-13(12-22)11-21-18(23)17-6-1-3-14(17)10-20;;/h2,4-5,9,13-14,17H,1,3,6-8,10-12,20H2,(H,21,23);2*1H/t13?,14-,17-;;/m1../s1. The second-order valence-corrected chi connectivity index (χ2v) is 7.77. The maximum Gasteiger partial charge on any atom is 0.223 e. The first kappa shape index (κ1) is 22.6. The Morgan fingerprint density at radius 3 is 2.80 bits per heavy atom. The van der Waals surface area contributed by atoms with Crippen molar-refractivity contribution in [3.8, 4) is 0 Å². The molecule has 3 rings (SSSR count). The lowest BCUT2D eigenvalue weighted by atomic mass is 9.95. The van der Waals surface area contributed by atoms with Crippen molar-refractivity contribution in [2.24, 2.45) is 23.5 Å². The fourth-order valence-corrected chi connectivity index (χ4v) is 4.33. The molecule has 1 unspecified atom stereocenters. The van der Waals surface area contributed by atoms with Gasteiger partial charge >= 0.3 is 0 Å². The van der Waals surface area contributed by atoms with Crippen molar-refractivity contribution in [3.05, 3.63) is 28.7 Å². The molecule has 1 amide bonds. The molecule has 0 spiro atoms. The van der Waals surface area contributed by atoms with E-state index in [0.717, 1.165) is 49.8 Å². The van der Waals surface area contributed by atoms with Gasteiger partial charge in [0.1, 0.15) is 0 Å². The maximum atomic E-state index is 12.4. The number of nitrogens with one attached hydrogen (secondary N) is 1. The van der Waals surface area contributed by atoms with E-state index < -0.39 is 0 Å². The summed E-state index contributed by atoms with van der Waals surface area (Å²) >= 11 is 3.53. The Hall–Kier alpha value is -0.490. The Labute approximate surface area is 171 Å². The van der Waals surface area contributed by atoms with Crippen molar-refractivity contribution in [1.82, 2.24) is 5.32 Å². The van der Waals surface area contributed by atoms with Crippen LogP contribution in [-0.4, -0.2) is 32.1 Å². The summed E-state index contributed by atoms with van der Waals surface area (Å²) in [5.41, 5.74) is 7.04. The predicted molar refractivity (Wildman–Crippen MR) is 112 cm³/mol.